The van der Waals surface area contributed by atoms with Crippen LogP contribution in [0, 0.1) is 13.8 Å². The van der Waals surface area contributed by atoms with Gasteiger partial charge in [0, 0.05) is 11.5 Å². The molecular formula is C13H12NO3. The molecule has 0 aliphatic rings. The maximum Gasteiger partial charge on any atom is 0.356 e. The van der Waals surface area contributed by atoms with Crippen molar-refractivity contribution in [2.24, 2.45) is 0 Å². The normalized spacial score (nSPS) is 10.5. The summed E-state index contributed by atoms with van der Waals surface area (Å²) in [6, 6.07) is 4.82. The summed E-state index contributed by atoms with van der Waals surface area (Å²) in [5.41, 5.74) is 2.56. The number of carbonyl (C=O) groups excluding carboxylic acids is 1. The standard InChI is InChI=1S/C13H12NO3/c1-7-4-5-9-11(15)6-10(13(16)17-3)14-12(9)8(7)2/h4-6H,1-3H3. The van der Waals surface area contributed by atoms with Crippen molar-refractivity contribution in [1.29, 1.82) is 0 Å². The summed E-state index contributed by atoms with van der Waals surface area (Å²) in [5.74, 6) is -0.802. The Morgan fingerprint density at radius 1 is 1.29 bits per heavy atom. The van der Waals surface area contributed by atoms with Gasteiger partial charge in [-0.1, -0.05) is 6.07 Å². The molecule has 0 unspecified atom stereocenters. The highest BCUT2D eigenvalue weighted by molar-refractivity contribution is 5.95. The number of fused-ring (bicyclic) bond motifs is 1. The molecule has 1 radical (unpaired) electrons. The smallest absolute Gasteiger partial charge is 0.356 e. The van der Waals surface area contributed by atoms with Crippen molar-refractivity contribution in [2.75, 3.05) is 7.11 Å². The molecule has 0 amide bonds. The molecule has 2 aromatic rings. The lowest BCUT2D eigenvalue weighted by atomic mass is 10.0. The number of hydrogen-bond acceptors (Lipinski definition) is 3. The minimum absolute atomic E-state index is 0.0544. The largest absolute Gasteiger partial charge is 0.464 e. The van der Waals surface area contributed by atoms with Crippen molar-refractivity contribution in [3.63, 3.8) is 0 Å². The van der Waals surface area contributed by atoms with E-state index in [1.807, 2.05) is 19.9 Å². The first-order chi connectivity index (χ1) is 8.04. The summed E-state index contributed by atoms with van der Waals surface area (Å²) in [7, 11) is 1.27. The Balaban J connectivity index is 2.79. The van der Waals surface area contributed by atoms with Crippen molar-refractivity contribution in [3.8, 4) is 5.75 Å². The molecule has 1 aromatic heterocycles. The maximum atomic E-state index is 11.8. The monoisotopic (exact) mass is 230 g/mol. The second-order valence-corrected chi connectivity index (χ2v) is 3.90. The van der Waals surface area contributed by atoms with Gasteiger partial charge in [-0.25, -0.2) is 9.78 Å². The van der Waals surface area contributed by atoms with E-state index in [-0.39, 0.29) is 11.4 Å². The number of aryl methyl sites for hydroxylation is 2. The van der Waals surface area contributed by atoms with E-state index in [1.165, 1.54) is 13.2 Å². The van der Waals surface area contributed by atoms with Gasteiger partial charge in [0.2, 0.25) is 0 Å². The highest BCUT2D eigenvalue weighted by Gasteiger charge is 2.14. The van der Waals surface area contributed by atoms with Crippen molar-refractivity contribution < 1.29 is 14.6 Å². The fraction of sp³-hybridized carbons (Fsp3) is 0.231. The van der Waals surface area contributed by atoms with Gasteiger partial charge in [0.05, 0.1) is 12.6 Å². The third-order valence-corrected chi connectivity index (χ3v) is 2.86. The second kappa shape index (κ2) is 4.05. The quantitative estimate of drug-likeness (QED) is 0.708. The van der Waals surface area contributed by atoms with Crippen LogP contribution < -0.4 is 0 Å². The topological polar surface area (TPSA) is 59.1 Å². The Bertz CT molecular complexity index is 605. The van der Waals surface area contributed by atoms with Crippen LogP contribution in [0.5, 0.6) is 5.75 Å². The first kappa shape index (κ1) is 11.4. The van der Waals surface area contributed by atoms with Crippen LogP contribution in [0.15, 0.2) is 18.2 Å². The van der Waals surface area contributed by atoms with E-state index < -0.39 is 5.97 Å². The SMILES string of the molecule is COC(=O)c1cc([O])c2ccc(C)c(C)c2n1. The van der Waals surface area contributed by atoms with Crippen LogP contribution in [0.25, 0.3) is 10.9 Å². The molecule has 17 heavy (non-hydrogen) atoms. The number of methoxy groups -OCH3 is 1. The Morgan fingerprint density at radius 2 is 2.00 bits per heavy atom. The minimum Gasteiger partial charge on any atom is -0.464 e. The molecule has 0 atom stereocenters. The molecule has 1 heterocycles. The molecule has 4 heteroatoms. The molecule has 0 N–H and O–H groups in total. The van der Waals surface area contributed by atoms with Crippen LogP contribution in [-0.4, -0.2) is 18.1 Å². The number of aromatic nitrogens is 1. The molecule has 87 valence electrons. The fourth-order valence-corrected chi connectivity index (χ4v) is 1.71. The van der Waals surface area contributed by atoms with Crippen LogP contribution in [0.2, 0.25) is 0 Å². The van der Waals surface area contributed by atoms with Crippen LogP contribution in [0.4, 0.5) is 0 Å². The highest BCUT2D eigenvalue weighted by atomic mass is 16.5. The van der Waals surface area contributed by atoms with E-state index in [9.17, 15) is 9.90 Å². The first-order valence-corrected chi connectivity index (χ1v) is 5.21. The molecule has 0 saturated heterocycles. The number of benzene rings is 1. The number of rotatable bonds is 1. The van der Waals surface area contributed by atoms with Crippen LogP contribution >= 0.6 is 0 Å². The summed E-state index contributed by atoms with van der Waals surface area (Å²) >= 11 is 0. The Labute approximate surface area is 98.9 Å². The van der Waals surface area contributed by atoms with Crippen LogP contribution in [0.1, 0.15) is 21.6 Å². The second-order valence-electron chi connectivity index (χ2n) is 3.90. The van der Waals surface area contributed by atoms with Crippen molar-refractivity contribution in [2.45, 2.75) is 13.8 Å². The van der Waals surface area contributed by atoms with E-state index in [4.69, 9.17) is 0 Å². The molecule has 0 aliphatic carbocycles. The van der Waals surface area contributed by atoms with Gasteiger partial charge in [-0.05, 0) is 31.0 Å². The van der Waals surface area contributed by atoms with Crippen LogP contribution in [-0.2, 0) is 9.84 Å². The predicted octanol–water partition coefficient (Wildman–Crippen LogP) is 2.78. The summed E-state index contributed by atoms with van der Waals surface area (Å²) in [6.07, 6.45) is 0. The molecule has 4 nitrogen and oxygen atoms in total. The summed E-state index contributed by atoms with van der Waals surface area (Å²) < 4.78 is 4.57. The summed E-state index contributed by atoms with van der Waals surface area (Å²) in [5, 5.41) is 12.4. The average Bonchev–Trinajstić information content (AvgIpc) is 2.33. The number of hydrogen-bond donors (Lipinski definition) is 0. The Hall–Kier alpha value is -2.10. The van der Waals surface area contributed by atoms with Gasteiger partial charge >= 0.3 is 5.97 Å². The Kier molecular flexibility index (Phi) is 2.71. The van der Waals surface area contributed by atoms with E-state index in [0.717, 1.165) is 11.1 Å². The third kappa shape index (κ3) is 1.82. The summed E-state index contributed by atoms with van der Waals surface area (Å²) in [4.78, 5) is 15.6. The van der Waals surface area contributed by atoms with Gasteiger partial charge in [0.25, 0.3) is 0 Å². The lowest BCUT2D eigenvalue weighted by Crippen LogP contribution is -2.04. The lowest BCUT2D eigenvalue weighted by Gasteiger charge is -2.07. The molecule has 0 aliphatic heterocycles. The zero-order chi connectivity index (χ0) is 12.6. The van der Waals surface area contributed by atoms with Gasteiger partial charge in [-0.15, -0.1) is 0 Å². The van der Waals surface area contributed by atoms with Gasteiger partial charge in [0.1, 0.15) is 0 Å². The van der Waals surface area contributed by atoms with Gasteiger partial charge in [-0.2, -0.15) is 0 Å². The number of carbonyl (C=O) groups is 1. The highest BCUT2D eigenvalue weighted by Crippen LogP contribution is 2.28. The molecular weight excluding hydrogens is 218 g/mol. The zero-order valence-electron chi connectivity index (χ0n) is 9.90. The molecule has 0 spiro atoms. The van der Waals surface area contributed by atoms with Crippen LogP contribution in [0.3, 0.4) is 0 Å². The van der Waals surface area contributed by atoms with E-state index >= 15 is 0 Å². The first-order valence-electron chi connectivity index (χ1n) is 5.21. The lowest BCUT2D eigenvalue weighted by molar-refractivity contribution is 0.0594. The van der Waals surface area contributed by atoms with Crippen molar-refractivity contribution >= 4 is 16.9 Å². The molecule has 1 aromatic carbocycles. The van der Waals surface area contributed by atoms with Gasteiger partial charge < -0.3 is 4.74 Å². The van der Waals surface area contributed by atoms with E-state index in [2.05, 4.69) is 9.72 Å². The summed E-state index contributed by atoms with van der Waals surface area (Å²) in [6.45, 7) is 3.82. The predicted molar refractivity (Wildman–Crippen MR) is 62.7 cm³/mol. The number of pyridine rings is 1. The molecule has 0 saturated carbocycles. The Morgan fingerprint density at radius 3 is 2.65 bits per heavy atom. The minimum atomic E-state index is -0.593. The van der Waals surface area contributed by atoms with Gasteiger partial charge in [-0.3, -0.25) is 5.11 Å². The zero-order valence-corrected chi connectivity index (χ0v) is 9.90. The molecule has 2 rings (SSSR count). The number of ether oxygens (including phenoxy) is 1. The maximum absolute atomic E-state index is 11.8. The van der Waals surface area contributed by atoms with Crippen molar-refractivity contribution in [3.05, 3.63) is 35.0 Å². The average molecular weight is 230 g/mol. The molecule has 0 bridgehead atoms. The van der Waals surface area contributed by atoms with Crippen molar-refractivity contribution in [1.82, 2.24) is 4.98 Å². The van der Waals surface area contributed by atoms with E-state index in [0.29, 0.717) is 10.9 Å². The van der Waals surface area contributed by atoms with E-state index in [1.54, 1.807) is 6.07 Å². The number of nitrogens with zero attached hydrogens (tertiary/aromatic N) is 1. The molecule has 0 fully saturated rings. The van der Waals surface area contributed by atoms with Gasteiger partial charge in [0.15, 0.2) is 11.4 Å². The number of esters is 1. The fourth-order valence-electron chi connectivity index (χ4n) is 1.71. The third-order valence-electron chi connectivity index (χ3n) is 2.86.